The van der Waals surface area contributed by atoms with Crippen LogP contribution >= 0.6 is 0 Å². The predicted molar refractivity (Wildman–Crippen MR) is 38.9 cm³/mol. The van der Waals surface area contributed by atoms with E-state index in [1.165, 1.54) is 0 Å². The van der Waals surface area contributed by atoms with Crippen molar-refractivity contribution in [2.75, 3.05) is 13.2 Å². The van der Waals surface area contributed by atoms with Crippen molar-refractivity contribution in [3.63, 3.8) is 0 Å². The average molecular weight is 143 g/mol. The first-order chi connectivity index (χ1) is 4.69. The lowest BCUT2D eigenvalue weighted by molar-refractivity contribution is 0.196. The van der Waals surface area contributed by atoms with Crippen molar-refractivity contribution in [3.05, 3.63) is 0 Å². The molecule has 0 aromatic rings. The van der Waals surface area contributed by atoms with E-state index in [0.717, 1.165) is 6.54 Å². The third-order valence-corrected chi connectivity index (χ3v) is 1.75. The molecule has 1 saturated heterocycles. The molecular weight excluding hydrogens is 130 g/mol. The van der Waals surface area contributed by atoms with E-state index in [4.69, 9.17) is 15.9 Å². The van der Waals surface area contributed by atoms with E-state index >= 15 is 0 Å². The van der Waals surface area contributed by atoms with Crippen LogP contribution < -0.4 is 11.1 Å². The normalized spacial score (nSPS) is 33.6. The van der Waals surface area contributed by atoms with Gasteiger partial charge in [0.15, 0.2) is 0 Å². The molecule has 0 bridgehead atoms. The fourth-order valence-electron chi connectivity index (χ4n) is 0.922. The Morgan fingerprint density at radius 2 is 2.60 bits per heavy atom. The molecule has 0 aromatic heterocycles. The number of nitrogens with two attached hydrogens (primary N) is 1. The topological polar surface area (TPSA) is 71.1 Å². The summed E-state index contributed by atoms with van der Waals surface area (Å²) in [4.78, 5) is 0. The van der Waals surface area contributed by atoms with Gasteiger partial charge in [0.2, 0.25) is 5.90 Å². The highest BCUT2D eigenvalue weighted by Gasteiger charge is 2.32. The zero-order chi connectivity index (χ0) is 7.61. The van der Waals surface area contributed by atoms with Gasteiger partial charge < -0.3 is 10.5 Å². The van der Waals surface area contributed by atoms with Crippen molar-refractivity contribution in [1.82, 2.24) is 5.32 Å². The second-order valence-corrected chi connectivity index (χ2v) is 2.43. The van der Waals surface area contributed by atoms with E-state index in [2.05, 4.69) is 5.32 Å². The Morgan fingerprint density at radius 1 is 1.90 bits per heavy atom. The van der Waals surface area contributed by atoms with Crippen LogP contribution in [0.3, 0.4) is 0 Å². The molecule has 1 atom stereocenters. The highest BCUT2D eigenvalue weighted by molar-refractivity contribution is 5.83. The smallest absolute Gasteiger partial charge is 0.216 e. The summed E-state index contributed by atoms with van der Waals surface area (Å²) in [5.41, 5.74) is 5.03. The van der Waals surface area contributed by atoms with Gasteiger partial charge in [0.1, 0.15) is 12.3 Å². The van der Waals surface area contributed by atoms with Crippen LogP contribution in [0.1, 0.15) is 13.3 Å². The largest absolute Gasteiger partial charge is 0.477 e. The van der Waals surface area contributed by atoms with E-state index in [1.54, 1.807) is 0 Å². The van der Waals surface area contributed by atoms with E-state index < -0.39 is 5.66 Å². The van der Waals surface area contributed by atoms with Gasteiger partial charge in [-0.15, -0.1) is 0 Å². The molecule has 4 heteroatoms. The van der Waals surface area contributed by atoms with Crippen LogP contribution in [-0.2, 0) is 4.74 Å². The lowest BCUT2D eigenvalue weighted by Crippen LogP contribution is -2.63. The van der Waals surface area contributed by atoms with Crippen molar-refractivity contribution >= 4 is 5.90 Å². The number of hydrogen-bond donors (Lipinski definition) is 3. The van der Waals surface area contributed by atoms with Crippen LogP contribution in [0.25, 0.3) is 0 Å². The number of ether oxygens (including phenoxy) is 1. The van der Waals surface area contributed by atoms with Crippen molar-refractivity contribution in [1.29, 1.82) is 5.41 Å². The minimum Gasteiger partial charge on any atom is -0.477 e. The summed E-state index contributed by atoms with van der Waals surface area (Å²) in [6.45, 7) is 3.21. The summed E-state index contributed by atoms with van der Waals surface area (Å²) in [6.07, 6.45) is 0.686. The van der Waals surface area contributed by atoms with Crippen molar-refractivity contribution < 1.29 is 4.74 Å². The quantitative estimate of drug-likeness (QED) is 0.470. The summed E-state index contributed by atoms with van der Waals surface area (Å²) in [5, 5.41) is 10.4. The molecule has 1 aliphatic rings. The SMILES string of the molecule is CCC1(N)NCCOC1=N. The molecule has 1 heterocycles. The molecule has 1 aliphatic heterocycles. The van der Waals surface area contributed by atoms with Crippen LogP contribution in [-0.4, -0.2) is 24.7 Å². The Balaban J connectivity index is 2.63. The zero-order valence-corrected chi connectivity index (χ0v) is 6.11. The van der Waals surface area contributed by atoms with E-state index in [0.29, 0.717) is 13.0 Å². The first-order valence-corrected chi connectivity index (χ1v) is 3.45. The highest BCUT2D eigenvalue weighted by Crippen LogP contribution is 2.07. The average Bonchev–Trinajstić information content (AvgIpc) is 1.96. The summed E-state index contributed by atoms with van der Waals surface area (Å²) in [6, 6.07) is 0. The van der Waals surface area contributed by atoms with E-state index in [1.807, 2.05) is 6.92 Å². The Labute approximate surface area is 60.2 Å². The van der Waals surface area contributed by atoms with Crippen LogP contribution in [0.4, 0.5) is 0 Å². The molecule has 1 fully saturated rings. The van der Waals surface area contributed by atoms with Gasteiger partial charge in [-0.1, -0.05) is 6.92 Å². The summed E-state index contributed by atoms with van der Waals surface area (Å²) in [7, 11) is 0. The van der Waals surface area contributed by atoms with Gasteiger partial charge in [-0.2, -0.15) is 0 Å². The number of nitrogens with one attached hydrogen (secondary N) is 2. The van der Waals surface area contributed by atoms with Crippen molar-refractivity contribution in [2.45, 2.75) is 19.0 Å². The lowest BCUT2D eigenvalue weighted by atomic mass is 10.1. The third-order valence-electron chi connectivity index (χ3n) is 1.75. The molecule has 0 radical (unpaired) electrons. The molecule has 0 saturated carbocycles. The van der Waals surface area contributed by atoms with Gasteiger partial charge in [0.25, 0.3) is 0 Å². The Morgan fingerprint density at radius 3 is 3.00 bits per heavy atom. The van der Waals surface area contributed by atoms with Gasteiger partial charge in [-0.25, -0.2) is 0 Å². The van der Waals surface area contributed by atoms with Crippen molar-refractivity contribution in [2.24, 2.45) is 5.73 Å². The van der Waals surface area contributed by atoms with Crippen LogP contribution in [0.2, 0.25) is 0 Å². The molecule has 58 valence electrons. The molecule has 4 N–H and O–H groups in total. The third kappa shape index (κ3) is 1.12. The first-order valence-electron chi connectivity index (χ1n) is 3.45. The predicted octanol–water partition coefficient (Wildman–Crippen LogP) is -0.352. The number of hydrogen-bond acceptors (Lipinski definition) is 4. The first kappa shape index (κ1) is 7.50. The Bertz CT molecular complexity index is 148. The van der Waals surface area contributed by atoms with Gasteiger partial charge in [-0.05, 0) is 6.42 Å². The standard InChI is InChI=1S/C6H13N3O/c1-2-6(8)5(7)10-4-3-9-6/h7,9H,2-4,8H2,1H3. The number of morpholine rings is 1. The maximum absolute atomic E-state index is 7.33. The van der Waals surface area contributed by atoms with Gasteiger partial charge in [0, 0.05) is 6.54 Å². The molecule has 0 spiro atoms. The minimum absolute atomic E-state index is 0.154. The van der Waals surface area contributed by atoms with Crippen LogP contribution in [0.15, 0.2) is 0 Å². The molecule has 4 nitrogen and oxygen atoms in total. The maximum Gasteiger partial charge on any atom is 0.216 e. The molecule has 1 rings (SSSR count). The second-order valence-electron chi connectivity index (χ2n) is 2.43. The molecule has 10 heavy (non-hydrogen) atoms. The Kier molecular flexibility index (Phi) is 1.92. The highest BCUT2D eigenvalue weighted by atomic mass is 16.5. The summed E-state index contributed by atoms with van der Waals surface area (Å²) in [5.74, 6) is 0.154. The monoisotopic (exact) mass is 143 g/mol. The molecular formula is C6H13N3O. The van der Waals surface area contributed by atoms with Crippen molar-refractivity contribution in [3.8, 4) is 0 Å². The second kappa shape index (κ2) is 2.56. The van der Waals surface area contributed by atoms with Crippen LogP contribution in [0, 0.1) is 5.41 Å². The Hall–Kier alpha value is -0.610. The summed E-state index contributed by atoms with van der Waals surface area (Å²) >= 11 is 0. The van der Waals surface area contributed by atoms with Crippen LogP contribution in [0.5, 0.6) is 0 Å². The van der Waals surface area contributed by atoms with Gasteiger partial charge in [0.05, 0.1) is 0 Å². The molecule has 0 amide bonds. The maximum atomic E-state index is 7.33. The van der Waals surface area contributed by atoms with E-state index in [9.17, 15) is 0 Å². The van der Waals surface area contributed by atoms with Gasteiger partial charge in [-0.3, -0.25) is 10.7 Å². The van der Waals surface area contributed by atoms with Gasteiger partial charge >= 0.3 is 0 Å². The molecule has 0 aliphatic carbocycles. The number of rotatable bonds is 1. The minimum atomic E-state index is -0.710. The fraction of sp³-hybridized carbons (Fsp3) is 0.833. The zero-order valence-electron chi connectivity index (χ0n) is 6.11. The molecule has 0 aromatic carbocycles. The molecule has 1 unspecified atom stereocenters. The lowest BCUT2D eigenvalue weighted by Gasteiger charge is -2.33. The van der Waals surface area contributed by atoms with E-state index in [-0.39, 0.29) is 5.90 Å². The fourth-order valence-corrected chi connectivity index (χ4v) is 0.922. The summed E-state index contributed by atoms with van der Waals surface area (Å²) < 4.78 is 4.98.